The Morgan fingerprint density at radius 3 is 2.26 bits per heavy atom. The second-order valence-electron chi connectivity index (χ2n) is 5.05. The average Bonchev–Trinajstić information content (AvgIpc) is 2.89. The van der Waals surface area contributed by atoms with Crippen LogP contribution in [0.5, 0.6) is 11.5 Å². The highest BCUT2D eigenvalue weighted by atomic mass is 79.9. The maximum atomic E-state index is 6.03. The molecule has 0 N–H and O–H groups in total. The first-order valence-electron chi connectivity index (χ1n) is 6.32. The van der Waals surface area contributed by atoms with E-state index < -0.39 is 0 Å². The number of benzene rings is 1. The molecule has 0 saturated heterocycles. The third-order valence-corrected chi connectivity index (χ3v) is 6.12. The van der Waals surface area contributed by atoms with Gasteiger partial charge in [-0.2, -0.15) is 0 Å². The molecule has 0 aliphatic heterocycles. The second-order valence-corrected chi connectivity index (χ2v) is 7.32. The zero-order chi connectivity index (χ0) is 13.9. The van der Waals surface area contributed by atoms with Gasteiger partial charge in [0.2, 0.25) is 0 Å². The first kappa shape index (κ1) is 15.6. The molecule has 0 bridgehead atoms. The Bertz CT molecular complexity index is 443. The minimum atomic E-state index is 0.297. The van der Waals surface area contributed by atoms with Gasteiger partial charge in [-0.1, -0.05) is 28.8 Å². The van der Waals surface area contributed by atoms with E-state index in [9.17, 15) is 0 Å². The monoisotopic (exact) mass is 454 g/mol. The van der Waals surface area contributed by atoms with Crippen LogP contribution >= 0.6 is 47.8 Å². The first-order chi connectivity index (χ1) is 9.10. The molecular formula is C14H17Br3O2. The molecule has 0 amide bonds. The normalized spacial score (nSPS) is 17.5. The molecule has 0 heterocycles. The molecule has 1 aliphatic carbocycles. The lowest BCUT2D eigenvalue weighted by molar-refractivity contribution is 0.173. The highest BCUT2D eigenvalue weighted by Crippen LogP contribution is 2.42. The first-order valence-corrected chi connectivity index (χ1v) is 9.03. The molecular weight excluding hydrogens is 440 g/mol. The van der Waals surface area contributed by atoms with E-state index in [1.165, 1.54) is 25.7 Å². The maximum absolute atomic E-state index is 6.03. The minimum Gasteiger partial charge on any atom is -0.496 e. The summed E-state index contributed by atoms with van der Waals surface area (Å²) in [6, 6.07) is 3.88. The van der Waals surface area contributed by atoms with Crippen LogP contribution in [0.2, 0.25) is 0 Å². The molecule has 1 saturated carbocycles. The third-order valence-electron chi connectivity index (χ3n) is 3.69. The van der Waals surface area contributed by atoms with Crippen molar-refractivity contribution in [2.45, 2.75) is 25.7 Å². The van der Waals surface area contributed by atoms with Crippen LogP contribution in [-0.2, 0) is 0 Å². The molecule has 106 valence electrons. The Morgan fingerprint density at radius 1 is 1.11 bits per heavy atom. The Balaban J connectivity index is 2.09. The average molecular weight is 457 g/mol. The molecule has 2 nitrogen and oxygen atoms in total. The summed E-state index contributed by atoms with van der Waals surface area (Å²) in [6.45, 7) is 0.760. The molecule has 0 spiro atoms. The van der Waals surface area contributed by atoms with Crippen molar-refractivity contribution in [2.75, 3.05) is 19.0 Å². The molecule has 2 rings (SSSR count). The topological polar surface area (TPSA) is 18.5 Å². The fourth-order valence-corrected chi connectivity index (χ4v) is 4.09. The zero-order valence-corrected chi connectivity index (χ0v) is 15.6. The minimum absolute atomic E-state index is 0.297. The van der Waals surface area contributed by atoms with Crippen LogP contribution in [-0.4, -0.2) is 19.0 Å². The van der Waals surface area contributed by atoms with Gasteiger partial charge in [0, 0.05) is 10.7 Å². The van der Waals surface area contributed by atoms with E-state index in [1.54, 1.807) is 7.11 Å². The standard InChI is InChI=1S/C14H17Br3O2/c1-18-12-6-11(17)13(7-10(12)16)19-9-14(8-15)4-2-3-5-14/h6-7H,2-5,8-9H2,1H3. The highest BCUT2D eigenvalue weighted by molar-refractivity contribution is 9.11. The van der Waals surface area contributed by atoms with Gasteiger partial charge in [0.25, 0.3) is 0 Å². The van der Waals surface area contributed by atoms with E-state index in [-0.39, 0.29) is 0 Å². The van der Waals surface area contributed by atoms with Crippen LogP contribution in [0.15, 0.2) is 21.1 Å². The summed E-state index contributed by atoms with van der Waals surface area (Å²) in [5.74, 6) is 1.66. The molecule has 0 unspecified atom stereocenters. The summed E-state index contributed by atoms with van der Waals surface area (Å²) < 4.78 is 13.1. The smallest absolute Gasteiger partial charge is 0.134 e. The van der Waals surface area contributed by atoms with Gasteiger partial charge in [0.05, 0.1) is 22.7 Å². The molecule has 0 radical (unpaired) electrons. The van der Waals surface area contributed by atoms with E-state index in [1.807, 2.05) is 12.1 Å². The molecule has 0 aromatic heterocycles. The zero-order valence-electron chi connectivity index (χ0n) is 10.8. The van der Waals surface area contributed by atoms with Gasteiger partial charge in [-0.3, -0.25) is 0 Å². The second kappa shape index (κ2) is 6.81. The number of methoxy groups -OCH3 is 1. The van der Waals surface area contributed by atoms with Crippen LogP contribution in [0.3, 0.4) is 0 Å². The van der Waals surface area contributed by atoms with Crippen molar-refractivity contribution in [1.82, 2.24) is 0 Å². The predicted molar refractivity (Wildman–Crippen MR) is 88.6 cm³/mol. The SMILES string of the molecule is COc1cc(Br)c(OCC2(CBr)CCCC2)cc1Br. The Kier molecular flexibility index (Phi) is 5.61. The number of hydrogen-bond donors (Lipinski definition) is 0. The van der Waals surface area contributed by atoms with Crippen molar-refractivity contribution < 1.29 is 9.47 Å². The lowest BCUT2D eigenvalue weighted by Crippen LogP contribution is -2.27. The third kappa shape index (κ3) is 3.67. The maximum Gasteiger partial charge on any atom is 0.134 e. The van der Waals surface area contributed by atoms with Crippen LogP contribution in [0.1, 0.15) is 25.7 Å². The molecule has 0 atom stereocenters. The molecule has 1 fully saturated rings. The fraction of sp³-hybridized carbons (Fsp3) is 0.571. The number of hydrogen-bond acceptors (Lipinski definition) is 2. The van der Waals surface area contributed by atoms with Crippen molar-refractivity contribution >= 4 is 47.8 Å². The van der Waals surface area contributed by atoms with Gasteiger partial charge in [0.1, 0.15) is 11.5 Å². The molecule has 1 aliphatic rings. The van der Waals surface area contributed by atoms with E-state index in [0.717, 1.165) is 32.4 Å². The van der Waals surface area contributed by atoms with Crippen LogP contribution in [0.25, 0.3) is 0 Å². The summed E-state index contributed by atoms with van der Waals surface area (Å²) in [5.41, 5.74) is 0.297. The van der Waals surface area contributed by atoms with Crippen molar-refractivity contribution in [2.24, 2.45) is 5.41 Å². The Hall–Kier alpha value is 0.260. The molecule has 1 aromatic rings. The van der Waals surface area contributed by atoms with E-state index in [2.05, 4.69) is 47.8 Å². The van der Waals surface area contributed by atoms with Crippen LogP contribution in [0.4, 0.5) is 0 Å². The summed E-state index contributed by atoms with van der Waals surface area (Å²) in [7, 11) is 1.66. The van der Waals surface area contributed by atoms with Gasteiger partial charge in [-0.05, 0) is 56.8 Å². The largest absolute Gasteiger partial charge is 0.496 e. The summed E-state index contributed by atoms with van der Waals surface area (Å²) in [4.78, 5) is 0. The van der Waals surface area contributed by atoms with E-state index >= 15 is 0 Å². The van der Waals surface area contributed by atoms with Crippen molar-refractivity contribution in [1.29, 1.82) is 0 Å². The predicted octanol–water partition coefficient (Wildman–Crippen LogP) is 5.55. The molecule has 19 heavy (non-hydrogen) atoms. The number of rotatable bonds is 5. The quantitative estimate of drug-likeness (QED) is 0.540. The summed E-state index contributed by atoms with van der Waals surface area (Å²) >= 11 is 10.7. The Labute approximate surface area is 139 Å². The lowest BCUT2D eigenvalue weighted by atomic mass is 9.90. The van der Waals surface area contributed by atoms with Crippen molar-refractivity contribution in [3.8, 4) is 11.5 Å². The van der Waals surface area contributed by atoms with Gasteiger partial charge in [-0.15, -0.1) is 0 Å². The summed E-state index contributed by atoms with van der Waals surface area (Å²) in [5, 5.41) is 1.01. The Morgan fingerprint density at radius 2 is 1.68 bits per heavy atom. The molecule has 1 aromatic carbocycles. The van der Waals surface area contributed by atoms with Crippen LogP contribution in [0, 0.1) is 5.41 Å². The number of halogens is 3. The van der Waals surface area contributed by atoms with E-state index in [0.29, 0.717) is 5.41 Å². The van der Waals surface area contributed by atoms with Crippen LogP contribution < -0.4 is 9.47 Å². The fourth-order valence-electron chi connectivity index (χ4n) is 2.45. The number of alkyl halides is 1. The highest BCUT2D eigenvalue weighted by Gasteiger charge is 2.33. The van der Waals surface area contributed by atoms with Gasteiger partial charge in [-0.25, -0.2) is 0 Å². The van der Waals surface area contributed by atoms with Gasteiger partial charge >= 0.3 is 0 Å². The number of ether oxygens (including phenoxy) is 2. The molecule has 5 heteroatoms. The summed E-state index contributed by atoms with van der Waals surface area (Å²) in [6.07, 6.45) is 5.10. The van der Waals surface area contributed by atoms with Crippen molar-refractivity contribution in [3.05, 3.63) is 21.1 Å². The lowest BCUT2D eigenvalue weighted by Gasteiger charge is -2.26. The van der Waals surface area contributed by atoms with E-state index in [4.69, 9.17) is 9.47 Å². The van der Waals surface area contributed by atoms with Crippen molar-refractivity contribution in [3.63, 3.8) is 0 Å². The van der Waals surface area contributed by atoms with Gasteiger partial charge < -0.3 is 9.47 Å². The van der Waals surface area contributed by atoms with Gasteiger partial charge in [0.15, 0.2) is 0 Å².